The summed E-state index contributed by atoms with van der Waals surface area (Å²) in [7, 11) is 0. The lowest BCUT2D eigenvalue weighted by atomic mass is 9.74. The van der Waals surface area contributed by atoms with E-state index in [0.29, 0.717) is 32.4 Å². The van der Waals surface area contributed by atoms with Gasteiger partial charge in [0.15, 0.2) is 0 Å². The van der Waals surface area contributed by atoms with Gasteiger partial charge in [-0.2, -0.15) is 5.10 Å². The number of ether oxygens (including phenoxy) is 1. The number of carbonyl (C=O) groups is 2. The third-order valence-corrected chi connectivity index (χ3v) is 4.52. The lowest BCUT2D eigenvalue weighted by Gasteiger charge is -2.39. The molecule has 0 saturated carbocycles. The molecule has 1 aliphatic rings. The molecule has 0 atom stereocenters. The fourth-order valence-corrected chi connectivity index (χ4v) is 3.07. The number of carbonyl (C=O) groups excluding carboxylic acids is 1. The van der Waals surface area contributed by atoms with Crippen LogP contribution >= 0.6 is 0 Å². The van der Waals surface area contributed by atoms with Gasteiger partial charge in [0.1, 0.15) is 5.60 Å². The van der Waals surface area contributed by atoms with E-state index in [2.05, 4.69) is 10.2 Å². The third kappa shape index (κ3) is 4.07. The molecule has 1 amide bonds. The van der Waals surface area contributed by atoms with Gasteiger partial charge in [-0.3, -0.25) is 9.89 Å². The van der Waals surface area contributed by atoms with Crippen molar-refractivity contribution in [3.8, 4) is 0 Å². The maximum absolute atomic E-state index is 12.2. The fraction of sp³-hybridized carbons (Fsp3) is 0.706. The quantitative estimate of drug-likeness (QED) is 0.880. The number of hydrogen-bond donors (Lipinski definition) is 2. The summed E-state index contributed by atoms with van der Waals surface area (Å²) in [6, 6.07) is 0. The van der Waals surface area contributed by atoms with Gasteiger partial charge in [-0.05, 0) is 52.0 Å². The number of nitrogens with zero attached hydrogens (tertiary/aromatic N) is 2. The molecule has 0 aromatic carbocycles. The zero-order valence-electron chi connectivity index (χ0n) is 14.9. The number of hydrogen-bond acceptors (Lipinski definition) is 4. The number of aromatic amines is 1. The summed E-state index contributed by atoms with van der Waals surface area (Å²) in [5.41, 5.74) is 0.521. The van der Waals surface area contributed by atoms with E-state index in [9.17, 15) is 14.7 Å². The van der Waals surface area contributed by atoms with Crippen molar-refractivity contribution in [3.05, 3.63) is 17.5 Å². The Hall–Kier alpha value is -2.05. The van der Waals surface area contributed by atoms with Crippen molar-refractivity contribution < 1.29 is 19.4 Å². The summed E-state index contributed by atoms with van der Waals surface area (Å²) in [6.45, 7) is 8.25. The summed E-state index contributed by atoms with van der Waals surface area (Å²) in [6.07, 6.45) is 3.38. The highest BCUT2D eigenvalue weighted by atomic mass is 16.6. The van der Waals surface area contributed by atoms with Crippen LogP contribution in [-0.2, 0) is 22.4 Å². The van der Waals surface area contributed by atoms with Gasteiger partial charge in [-0.25, -0.2) is 4.79 Å². The van der Waals surface area contributed by atoms with Crippen molar-refractivity contribution >= 4 is 12.1 Å². The molecule has 134 valence electrons. The van der Waals surface area contributed by atoms with Crippen LogP contribution in [0, 0.1) is 5.41 Å². The average Bonchev–Trinajstić information content (AvgIpc) is 2.93. The van der Waals surface area contributed by atoms with Gasteiger partial charge >= 0.3 is 12.1 Å². The van der Waals surface area contributed by atoms with E-state index in [0.717, 1.165) is 17.7 Å². The number of carboxylic acids is 1. The van der Waals surface area contributed by atoms with Crippen LogP contribution in [0.15, 0.2) is 6.20 Å². The molecule has 7 nitrogen and oxygen atoms in total. The Morgan fingerprint density at radius 3 is 2.50 bits per heavy atom. The molecule has 2 heterocycles. The highest BCUT2D eigenvalue weighted by molar-refractivity contribution is 5.76. The topological polar surface area (TPSA) is 95.5 Å². The van der Waals surface area contributed by atoms with Gasteiger partial charge in [0, 0.05) is 18.8 Å². The molecule has 1 fully saturated rings. The fourth-order valence-electron chi connectivity index (χ4n) is 3.07. The van der Waals surface area contributed by atoms with Crippen LogP contribution in [0.5, 0.6) is 0 Å². The van der Waals surface area contributed by atoms with Gasteiger partial charge in [0.2, 0.25) is 0 Å². The molecule has 1 aliphatic heterocycles. The first-order valence-electron chi connectivity index (χ1n) is 8.39. The number of nitrogens with one attached hydrogen (secondary N) is 1. The smallest absolute Gasteiger partial charge is 0.410 e. The standard InChI is InChI=1S/C17H27N3O4/c1-5-13-12(11-18-19-13)10-17(14(21)22)6-8-20(9-7-17)15(23)24-16(2,3)4/h11H,5-10H2,1-4H3,(H,18,19)(H,21,22). The number of rotatable bonds is 4. The highest BCUT2D eigenvalue weighted by Gasteiger charge is 2.43. The van der Waals surface area contributed by atoms with Crippen molar-refractivity contribution in [1.82, 2.24) is 15.1 Å². The molecule has 24 heavy (non-hydrogen) atoms. The number of amides is 1. The van der Waals surface area contributed by atoms with E-state index in [1.165, 1.54) is 0 Å². The SMILES string of the molecule is CCc1[nH]ncc1CC1(C(=O)O)CCN(C(=O)OC(C)(C)C)CC1. The van der Waals surface area contributed by atoms with Crippen LogP contribution in [0.25, 0.3) is 0 Å². The van der Waals surface area contributed by atoms with E-state index >= 15 is 0 Å². The largest absolute Gasteiger partial charge is 0.481 e. The molecule has 1 aromatic heterocycles. The predicted octanol–water partition coefficient (Wildman–Crippen LogP) is 2.62. The number of aryl methyl sites for hydroxylation is 1. The van der Waals surface area contributed by atoms with Gasteiger partial charge in [-0.1, -0.05) is 6.92 Å². The number of aromatic nitrogens is 2. The Bertz CT molecular complexity index is 595. The lowest BCUT2D eigenvalue weighted by molar-refractivity contribution is -0.152. The first-order chi connectivity index (χ1) is 11.2. The van der Waals surface area contributed by atoms with Crippen LogP contribution in [0.3, 0.4) is 0 Å². The first kappa shape index (κ1) is 18.3. The number of piperidine rings is 1. The predicted molar refractivity (Wildman–Crippen MR) is 88.8 cm³/mol. The van der Waals surface area contributed by atoms with Gasteiger partial charge in [0.25, 0.3) is 0 Å². The van der Waals surface area contributed by atoms with E-state index in [1.54, 1.807) is 11.1 Å². The summed E-state index contributed by atoms with van der Waals surface area (Å²) >= 11 is 0. The Labute approximate surface area is 142 Å². The van der Waals surface area contributed by atoms with E-state index in [1.807, 2.05) is 27.7 Å². The number of likely N-dealkylation sites (tertiary alicyclic amines) is 1. The lowest BCUT2D eigenvalue weighted by Crippen LogP contribution is -2.48. The monoisotopic (exact) mass is 337 g/mol. The second kappa shape index (κ2) is 6.83. The Balaban J connectivity index is 2.07. The Kier molecular flexibility index (Phi) is 5.20. The average molecular weight is 337 g/mol. The van der Waals surface area contributed by atoms with Gasteiger partial charge in [-0.15, -0.1) is 0 Å². The maximum atomic E-state index is 12.2. The van der Waals surface area contributed by atoms with Gasteiger partial charge in [0.05, 0.1) is 11.6 Å². The minimum absolute atomic E-state index is 0.376. The number of H-pyrrole nitrogens is 1. The molecule has 0 spiro atoms. The summed E-state index contributed by atoms with van der Waals surface area (Å²) in [4.78, 5) is 25.7. The number of aliphatic carboxylic acids is 1. The molecule has 1 aromatic rings. The zero-order chi connectivity index (χ0) is 18.0. The minimum Gasteiger partial charge on any atom is -0.481 e. The molecule has 0 radical (unpaired) electrons. The molecule has 0 aliphatic carbocycles. The van der Waals surface area contributed by atoms with E-state index in [4.69, 9.17) is 4.74 Å². The van der Waals surface area contributed by atoms with Crippen molar-refractivity contribution in [2.45, 2.75) is 59.0 Å². The molecular weight excluding hydrogens is 310 g/mol. The van der Waals surface area contributed by atoms with Crippen molar-refractivity contribution in [2.75, 3.05) is 13.1 Å². The summed E-state index contributed by atoms with van der Waals surface area (Å²) in [5, 5.41) is 16.8. The highest BCUT2D eigenvalue weighted by Crippen LogP contribution is 2.36. The normalized spacial score (nSPS) is 17.6. The van der Waals surface area contributed by atoms with Crippen LogP contribution < -0.4 is 0 Å². The molecule has 7 heteroatoms. The molecular formula is C17H27N3O4. The molecule has 1 saturated heterocycles. The van der Waals surface area contributed by atoms with Crippen LogP contribution in [0.4, 0.5) is 4.79 Å². The third-order valence-electron chi connectivity index (χ3n) is 4.52. The van der Waals surface area contributed by atoms with E-state index < -0.39 is 17.0 Å². The molecule has 0 bridgehead atoms. The van der Waals surface area contributed by atoms with E-state index in [-0.39, 0.29) is 6.09 Å². The molecule has 2 N–H and O–H groups in total. The van der Waals surface area contributed by atoms with Crippen molar-refractivity contribution in [1.29, 1.82) is 0 Å². The maximum Gasteiger partial charge on any atom is 0.410 e. The first-order valence-corrected chi connectivity index (χ1v) is 8.39. The Morgan fingerprint density at radius 2 is 2.00 bits per heavy atom. The van der Waals surface area contributed by atoms with Crippen LogP contribution in [0.1, 0.15) is 51.8 Å². The van der Waals surface area contributed by atoms with Crippen LogP contribution in [0.2, 0.25) is 0 Å². The second-order valence-corrected chi connectivity index (χ2v) is 7.46. The summed E-state index contributed by atoms with van der Waals surface area (Å²) < 4.78 is 5.37. The van der Waals surface area contributed by atoms with Crippen molar-refractivity contribution in [2.24, 2.45) is 5.41 Å². The summed E-state index contributed by atoms with van der Waals surface area (Å²) in [5.74, 6) is -0.811. The second-order valence-electron chi connectivity index (χ2n) is 7.46. The number of carboxylic acid groups (broad SMARTS) is 1. The Morgan fingerprint density at radius 1 is 1.38 bits per heavy atom. The molecule has 0 unspecified atom stereocenters. The molecule has 2 rings (SSSR count). The van der Waals surface area contributed by atoms with Crippen molar-refractivity contribution in [3.63, 3.8) is 0 Å². The van der Waals surface area contributed by atoms with Gasteiger partial charge < -0.3 is 14.7 Å². The van der Waals surface area contributed by atoms with Crippen LogP contribution in [-0.4, -0.2) is 51.0 Å². The zero-order valence-corrected chi connectivity index (χ0v) is 14.9. The minimum atomic E-state index is -0.855.